The van der Waals surface area contributed by atoms with Gasteiger partial charge in [-0.25, -0.2) is 14.4 Å². The first-order valence-corrected chi connectivity index (χ1v) is 12.5. The fourth-order valence-corrected chi connectivity index (χ4v) is 5.58. The Morgan fingerprint density at radius 2 is 1.90 bits per heavy atom. The van der Waals surface area contributed by atoms with Crippen LogP contribution in [0, 0.1) is 0 Å². The lowest BCUT2D eigenvalue weighted by molar-refractivity contribution is -0.151. The number of thioether (sulfide) groups is 1. The lowest BCUT2D eigenvalue weighted by atomic mass is 10.00. The molecule has 0 aliphatic carbocycles. The number of rotatable bonds is 8. The van der Waals surface area contributed by atoms with E-state index in [0.29, 0.717) is 4.90 Å². The van der Waals surface area contributed by atoms with E-state index in [4.69, 9.17) is 10.5 Å². The van der Waals surface area contributed by atoms with Gasteiger partial charge in [0.15, 0.2) is 0 Å². The summed E-state index contributed by atoms with van der Waals surface area (Å²) in [7, 11) is 0. The monoisotopic (exact) mass is 574 g/mol. The third-order valence-corrected chi connectivity index (χ3v) is 7.35. The molecule has 0 saturated carbocycles. The molecule has 4 amide bonds. The van der Waals surface area contributed by atoms with Crippen LogP contribution in [-0.4, -0.2) is 78.6 Å². The number of aliphatic carboxylic acids is 1. The number of phenols is 1. The van der Waals surface area contributed by atoms with Crippen molar-refractivity contribution in [2.75, 3.05) is 17.3 Å². The number of aromatic amines is 2. The number of fused-ring (bicyclic) bond motifs is 1. The van der Waals surface area contributed by atoms with Gasteiger partial charge < -0.3 is 31.0 Å². The third kappa shape index (κ3) is 5.26. The number of hydrogen-bond acceptors (Lipinski definition) is 10. The SMILES string of the molecule is CC(=O)OCC1=C(C(=O)O)N2C(=O)C(NC(=O)C(c3ccc(O)cc3)N(C(N)=O)c3c[nH]c(=O)[nH]c3=O)[C@@H]2SC1. The predicted octanol–water partition coefficient (Wildman–Crippen LogP) is -1.30. The molecule has 17 heteroatoms. The standard InChI is InChI=1S/C23H22N6O10S/c1-9(30)39-7-11-8-40-20-14(19(34)29(20)16(11)21(35)36)26-18(33)15(10-2-4-12(31)5-3-10)28(22(24)37)13-6-25-23(38)27-17(13)32/h2-6,14-15,20,31H,7-8H2,1H3,(H2,24,37)(H,26,33)(H,35,36)(H2,25,27,32,38)/t14?,15?,20-/m0/s1. The Balaban J connectivity index is 1.67. The highest BCUT2D eigenvalue weighted by Gasteiger charge is 2.55. The van der Waals surface area contributed by atoms with Gasteiger partial charge in [-0.3, -0.25) is 34.0 Å². The summed E-state index contributed by atoms with van der Waals surface area (Å²) in [6.07, 6.45) is 0.883. The number of carbonyl (C=O) groups excluding carboxylic acids is 4. The average molecular weight is 575 g/mol. The Hall–Kier alpha value is -5.06. The maximum absolute atomic E-state index is 13.6. The number of amides is 4. The van der Waals surface area contributed by atoms with Crippen molar-refractivity contribution in [1.29, 1.82) is 0 Å². The first-order valence-electron chi connectivity index (χ1n) is 11.4. The van der Waals surface area contributed by atoms with Crippen molar-refractivity contribution in [2.45, 2.75) is 24.4 Å². The van der Waals surface area contributed by atoms with Crippen LogP contribution in [0.3, 0.4) is 0 Å². The molecule has 2 aromatic rings. The van der Waals surface area contributed by atoms with Crippen LogP contribution in [0.5, 0.6) is 5.75 Å². The quantitative estimate of drug-likeness (QED) is 0.160. The number of carboxylic acid groups (broad SMARTS) is 1. The molecule has 40 heavy (non-hydrogen) atoms. The number of β-lactam (4-membered cyclic amide) rings is 1. The van der Waals surface area contributed by atoms with Crippen molar-refractivity contribution in [1.82, 2.24) is 20.2 Å². The number of benzene rings is 1. The summed E-state index contributed by atoms with van der Waals surface area (Å²) < 4.78 is 4.89. The van der Waals surface area contributed by atoms with E-state index >= 15 is 0 Å². The molecule has 1 aromatic carbocycles. The number of nitrogens with zero attached hydrogens (tertiary/aromatic N) is 2. The number of carboxylic acids is 1. The number of primary amides is 1. The highest BCUT2D eigenvalue weighted by atomic mass is 32.2. The minimum absolute atomic E-state index is 0.0782. The van der Waals surface area contributed by atoms with Crippen LogP contribution in [0.4, 0.5) is 10.5 Å². The van der Waals surface area contributed by atoms with Crippen LogP contribution < -0.4 is 27.2 Å². The molecule has 2 aliphatic rings. The molecule has 0 spiro atoms. The second-order valence-corrected chi connectivity index (χ2v) is 9.70. The van der Waals surface area contributed by atoms with Gasteiger partial charge in [0.1, 0.15) is 41.2 Å². The highest BCUT2D eigenvalue weighted by molar-refractivity contribution is 8.00. The number of carbonyl (C=O) groups is 5. The Labute approximate surface area is 227 Å². The molecule has 7 N–H and O–H groups in total. The van der Waals surface area contributed by atoms with Gasteiger partial charge in [-0.15, -0.1) is 11.8 Å². The molecular weight excluding hydrogens is 552 g/mol. The Morgan fingerprint density at radius 3 is 2.48 bits per heavy atom. The van der Waals surface area contributed by atoms with Gasteiger partial charge in [0.25, 0.3) is 11.5 Å². The molecule has 2 aliphatic heterocycles. The summed E-state index contributed by atoms with van der Waals surface area (Å²) in [6.45, 7) is 0.822. The minimum atomic E-state index is -1.66. The van der Waals surface area contributed by atoms with E-state index in [9.17, 15) is 43.8 Å². The van der Waals surface area contributed by atoms with Crippen molar-refractivity contribution >= 4 is 47.2 Å². The van der Waals surface area contributed by atoms with Gasteiger partial charge in [0, 0.05) is 24.4 Å². The van der Waals surface area contributed by atoms with E-state index in [1.54, 1.807) is 0 Å². The lowest BCUT2D eigenvalue weighted by Gasteiger charge is -2.49. The first-order chi connectivity index (χ1) is 18.9. The molecule has 4 rings (SSSR count). The minimum Gasteiger partial charge on any atom is -0.508 e. The Kier molecular flexibility index (Phi) is 7.67. The van der Waals surface area contributed by atoms with Gasteiger partial charge in [-0.05, 0) is 17.7 Å². The molecule has 3 heterocycles. The number of nitrogens with two attached hydrogens (primary N) is 1. The second kappa shape index (κ2) is 11.0. The normalized spacial score (nSPS) is 18.7. The molecule has 210 valence electrons. The molecule has 1 fully saturated rings. The lowest BCUT2D eigenvalue weighted by Crippen LogP contribution is -2.71. The van der Waals surface area contributed by atoms with Crippen molar-refractivity contribution < 1.29 is 38.9 Å². The van der Waals surface area contributed by atoms with Crippen LogP contribution in [0.25, 0.3) is 0 Å². The Bertz CT molecular complexity index is 1550. The summed E-state index contributed by atoms with van der Waals surface area (Å²) in [6, 6.07) is 0.852. The van der Waals surface area contributed by atoms with E-state index in [0.717, 1.165) is 29.8 Å². The zero-order chi connectivity index (χ0) is 29.3. The number of nitrogens with one attached hydrogen (secondary N) is 3. The zero-order valence-electron chi connectivity index (χ0n) is 20.6. The van der Waals surface area contributed by atoms with Gasteiger partial charge >= 0.3 is 23.7 Å². The number of esters is 1. The summed E-state index contributed by atoms with van der Waals surface area (Å²) in [4.78, 5) is 92.1. The zero-order valence-corrected chi connectivity index (χ0v) is 21.4. The van der Waals surface area contributed by atoms with Crippen molar-refractivity contribution in [3.8, 4) is 5.75 Å². The van der Waals surface area contributed by atoms with Gasteiger partial charge in [-0.2, -0.15) is 0 Å². The van der Waals surface area contributed by atoms with Crippen LogP contribution >= 0.6 is 11.8 Å². The van der Waals surface area contributed by atoms with Gasteiger partial charge in [0.05, 0.1) is 0 Å². The van der Waals surface area contributed by atoms with E-state index in [-0.39, 0.29) is 34.9 Å². The van der Waals surface area contributed by atoms with Gasteiger partial charge in [0.2, 0.25) is 5.91 Å². The number of aromatic hydroxyl groups is 1. The van der Waals surface area contributed by atoms with Crippen molar-refractivity contribution in [3.05, 3.63) is 68.1 Å². The average Bonchev–Trinajstić information content (AvgIpc) is 2.89. The maximum Gasteiger partial charge on any atom is 0.352 e. The second-order valence-electron chi connectivity index (χ2n) is 8.59. The van der Waals surface area contributed by atoms with Crippen LogP contribution in [0.1, 0.15) is 18.5 Å². The molecule has 0 radical (unpaired) electrons. The highest BCUT2D eigenvalue weighted by Crippen LogP contribution is 2.41. The summed E-state index contributed by atoms with van der Waals surface area (Å²) in [5.41, 5.74) is 3.04. The fraction of sp³-hybridized carbons (Fsp3) is 0.261. The number of H-pyrrole nitrogens is 2. The van der Waals surface area contributed by atoms with Crippen LogP contribution in [0.2, 0.25) is 0 Å². The number of anilines is 1. The van der Waals surface area contributed by atoms with E-state index < -0.39 is 64.2 Å². The topological polar surface area (TPSA) is 245 Å². The van der Waals surface area contributed by atoms with Crippen LogP contribution in [-0.2, 0) is 23.9 Å². The number of hydrogen-bond donors (Lipinski definition) is 6. The third-order valence-electron chi connectivity index (χ3n) is 6.01. The maximum atomic E-state index is 13.6. The van der Waals surface area contributed by atoms with E-state index in [2.05, 4.69) is 10.3 Å². The van der Waals surface area contributed by atoms with E-state index in [1.165, 1.54) is 24.3 Å². The molecule has 0 bridgehead atoms. The van der Waals surface area contributed by atoms with Crippen LogP contribution in [0.15, 0.2) is 51.3 Å². The fourth-order valence-electron chi connectivity index (χ4n) is 4.26. The summed E-state index contributed by atoms with van der Waals surface area (Å²) >= 11 is 1.12. The summed E-state index contributed by atoms with van der Waals surface area (Å²) in [5.74, 6) is -3.90. The summed E-state index contributed by atoms with van der Waals surface area (Å²) in [5, 5.41) is 21.1. The number of aromatic nitrogens is 2. The number of ether oxygens (including phenoxy) is 1. The van der Waals surface area contributed by atoms with E-state index in [1.807, 2.05) is 4.98 Å². The molecule has 1 aromatic heterocycles. The van der Waals surface area contributed by atoms with Crippen molar-refractivity contribution in [3.63, 3.8) is 0 Å². The first kappa shape index (κ1) is 28.0. The molecule has 3 atom stereocenters. The van der Waals surface area contributed by atoms with Gasteiger partial charge in [-0.1, -0.05) is 12.1 Å². The molecule has 2 unspecified atom stereocenters. The van der Waals surface area contributed by atoms with Crippen molar-refractivity contribution in [2.24, 2.45) is 5.73 Å². The molecule has 16 nitrogen and oxygen atoms in total. The number of urea groups is 1. The molecule has 1 saturated heterocycles. The predicted molar refractivity (Wildman–Crippen MR) is 137 cm³/mol. The largest absolute Gasteiger partial charge is 0.508 e. The molecular formula is C23H22N6O10S. The number of phenolic OH excluding ortho intramolecular Hbond substituents is 1. The smallest absolute Gasteiger partial charge is 0.352 e. The Morgan fingerprint density at radius 1 is 1.23 bits per heavy atom.